The van der Waals surface area contributed by atoms with Crippen LogP contribution in [0.4, 0.5) is 16.3 Å². The minimum Gasteiger partial charge on any atom is -0.493 e. The molecule has 0 aliphatic heterocycles. The Morgan fingerprint density at radius 3 is 2.29 bits per heavy atom. The van der Waals surface area contributed by atoms with Crippen LogP contribution in [0.15, 0.2) is 53.2 Å². The van der Waals surface area contributed by atoms with Gasteiger partial charge in [0.15, 0.2) is 11.5 Å². The van der Waals surface area contributed by atoms with E-state index in [0.29, 0.717) is 57.2 Å². The molecule has 0 radical (unpaired) electrons. The van der Waals surface area contributed by atoms with Crippen LogP contribution in [0.3, 0.4) is 0 Å². The number of anilines is 2. The van der Waals surface area contributed by atoms with Crippen LogP contribution < -0.4 is 24.8 Å². The first-order valence-electron chi connectivity index (χ1n) is 13.0. The van der Waals surface area contributed by atoms with E-state index in [4.69, 9.17) is 23.7 Å². The number of aryl methyl sites for hydroxylation is 2. The number of hydrogen-bond acceptors (Lipinski definition) is 8. The summed E-state index contributed by atoms with van der Waals surface area (Å²) in [5, 5.41) is 10.6. The summed E-state index contributed by atoms with van der Waals surface area (Å²) in [6, 6.07) is 12.0. The van der Waals surface area contributed by atoms with Crippen molar-refractivity contribution < 1.29 is 23.5 Å². The highest BCUT2D eigenvalue weighted by Gasteiger charge is 2.26. The molecule has 0 aliphatic carbocycles. The Hall–Kier alpha value is -5.06. The molecule has 0 bridgehead atoms. The molecule has 11 nitrogen and oxygen atoms in total. The van der Waals surface area contributed by atoms with Gasteiger partial charge in [0.2, 0.25) is 0 Å². The summed E-state index contributed by atoms with van der Waals surface area (Å²) < 4.78 is 22.3. The number of carbonyl (C=O) groups excluding carboxylic acids is 1. The van der Waals surface area contributed by atoms with Gasteiger partial charge in [0, 0.05) is 28.8 Å². The average Bonchev–Trinajstić information content (AvgIpc) is 3.50. The van der Waals surface area contributed by atoms with Gasteiger partial charge in [-0.1, -0.05) is 25.9 Å². The lowest BCUT2D eigenvalue weighted by Gasteiger charge is -2.14. The van der Waals surface area contributed by atoms with Crippen molar-refractivity contribution in [2.45, 2.75) is 40.0 Å². The van der Waals surface area contributed by atoms with Gasteiger partial charge in [0.05, 0.1) is 31.0 Å². The predicted molar refractivity (Wildman–Crippen MR) is 156 cm³/mol. The lowest BCUT2D eigenvalue weighted by atomic mass is 9.96. The van der Waals surface area contributed by atoms with Gasteiger partial charge in [-0.15, -0.1) is 0 Å². The van der Waals surface area contributed by atoms with E-state index in [1.54, 1.807) is 56.8 Å². The minimum absolute atomic E-state index is 0.267. The summed E-state index contributed by atoms with van der Waals surface area (Å²) >= 11 is 0. The lowest BCUT2D eigenvalue weighted by molar-refractivity contribution is 0.262. The van der Waals surface area contributed by atoms with Crippen molar-refractivity contribution in [1.82, 2.24) is 20.1 Å². The maximum Gasteiger partial charge on any atom is 0.324 e. The van der Waals surface area contributed by atoms with Gasteiger partial charge in [0.25, 0.3) is 0 Å². The molecule has 0 saturated heterocycles. The monoisotopic (exact) mass is 556 g/mol. The molecule has 41 heavy (non-hydrogen) atoms. The molecule has 0 atom stereocenters. The number of nitrogens with zero attached hydrogens (tertiary/aromatic N) is 3. The topological polar surface area (TPSA) is 136 Å². The number of urea groups is 1. The van der Waals surface area contributed by atoms with Crippen LogP contribution in [0.25, 0.3) is 22.2 Å². The predicted octanol–water partition coefficient (Wildman–Crippen LogP) is 6.98. The Balaban J connectivity index is 1.33. The number of benzene rings is 2. The summed E-state index contributed by atoms with van der Waals surface area (Å²) in [6.07, 6.45) is 1.67. The third-order valence-electron chi connectivity index (χ3n) is 6.47. The Bertz CT molecular complexity index is 1700. The fraction of sp³-hybridized carbons (Fsp3) is 0.267. The fourth-order valence-electron chi connectivity index (χ4n) is 4.37. The van der Waals surface area contributed by atoms with Crippen molar-refractivity contribution in [3.8, 4) is 34.3 Å². The average molecular weight is 557 g/mol. The molecule has 5 aromatic rings. The summed E-state index contributed by atoms with van der Waals surface area (Å²) in [6.45, 7) is 9.78. The third kappa shape index (κ3) is 5.65. The van der Waals surface area contributed by atoms with Gasteiger partial charge >= 0.3 is 6.03 Å². The zero-order chi connectivity index (χ0) is 29.3. The molecule has 0 saturated carbocycles. The molecule has 0 spiro atoms. The molecular formula is C30H32N6O5. The van der Waals surface area contributed by atoms with Crippen molar-refractivity contribution in [2.75, 3.05) is 24.9 Å². The summed E-state index contributed by atoms with van der Waals surface area (Å²) in [7, 11) is 3.16. The highest BCUT2D eigenvalue weighted by molar-refractivity contribution is 6.01. The number of imidazole rings is 1. The standard InChI is InChI=1S/C30H32N6O5/c1-16-25(17(2)41-36-16)26-27(34-28(33-26)30(3,4)5)35-29(37)32-18-8-10-19(11-9-18)40-22-12-13-31-21-15-24(39-7)23(38-6)14-20(21)22/h8-15H,1-7H3,(H,33,34)(H2,32,35,37). The second-order valence-electron chi connectivity index (χ2n) is 10.5. The van der Waals surface area contributed by atoms with E-state index in [9.17, 15) is 4.79 Å². The normalized spacial score (nSPS) is 11.4. The van der Waals surface area contributed by atoms with Crippen molar-refractivity contribution in [1.29, 1.82) is 0 Å². The van der Waals surface area contributed by atoms with Crippen molar-refractivity contribution in [2.24, 2.45) is 0 Å². The first-order chi connectivity index (χ1) is 19.6. The maximum atomic E-state index is 13.0. The first kappa shape index (κ1) is 27.5. The van der Waals surface area contributed by atoms with Gasteiger partial charge in [-0.05, 0) is 50.2 Å². The van der Waals surface area contributed by atoms with Crippen LogP contribution in [0.2, 0.25) is 0 Å². The van der Waals surface area contributed by atoms with Crippen molar-refractivity contribution in [3.05, 3.63) is 65.9 Å². The molecule has 0 unspecified atom stereocenters. The smallest absolute Gasteiger partial charge is 0.324 e. The molecular weight excluding hydrogens is 524 g/mol. The van der Waals surface area contributed by atoms with Crippen LogP contribution in [0.1, 0.15) is 38.0 Å². The molecule has 3 heterocycles. The van der Waals surface area contributed by atoms with Crippen LogP contribution in [-0.2, 0) is 5.41 Å². The van der Waals surface area contributed by atoms with E-state index in [-0.39, 0.29) is 5.41 Å². The van der Waals surface area contributed by atoms with Crippen LogP contribution in [-0.4, -0.2) is 40.4 Å². The Morgan fingerprint density at radius 1 is 0.951 bits per heavy atom. The molecule has 3 N–H and O–H groups in total. The SMILES string of the molecule is COc1cc2nccc(Oc3ccc(NC(=O)Nc4[nH]c(C(C)(C)C)nc4-c4c(C)noc4C)cc3)c2cc1OC. The molecule has 2 amide bonds. The van der Waals surface area contributed by atoms with E-state index < -0.39 is 6.03 Å². The molecule has 212 valence electrons. The number of rotatable bonds is 7. The zero-order valence-corrected chi connectivity index (χ0v) is 24.0. The largest absolute Gasteiger partial charge is 0.493 e. The van der Waals surface area contributed by atoms with Crippen LogP contribution >= 0.6 is 0 Å². The molecule has 5 rings (SSSR count). The molecule has 3 aromatic heterocycles. The number of nitrogens with one attached hydrogen (secondary N) is 3. The number of H-pyrrole nitrogens is 1. The number of fused-ring (bicyclic) bond motifs is 1. The summed E-state index contributed by atoms with van der Waals surface area (Å²) in [5.41, 5.74) is 3.03. The molecule has 11 heteroatoms. The van der Waals surface area contributed by atoms with Crippen LogP contribution in [0, 0.1) is 13.8 Å². The number of amides is 2. The van der Waals surface area contributed by atoms with E-state index in [1.165, 1.54) is 0 Å². The van der Waals surface area contributed by atoms with E-state index >= 15 is 0 Å². The summed E-state index contributed by atoms with van der Waals surface area (Å²) in [5.74, 6) is 4.16. The van der Waals surface area contributed by atoms with Gasteiger partial charge < -0.3 is 29.0 Å². The van der Waals surface area contributed by atoms with Gasteiger partial charge in [-0.25, -0.2) is 9.78 Å². The van der Waals surface area contributed by atoms with Crippen LogP contribution in [0.5, 0.6) is 23.0 Å². The molecule has 0 aliphatic rings. The Kier molecular flexibility index (Phi) is 7.27. The zero-order valence-electron chi connectivity index (χ0n) is 24.0. The van der Waals surface area contributed by atoms with E-state index in [1.807, 2.05) is 40.7 Å². The Morgan fingerprint density at radius 2 is 1.66 bits per heavy atom. The minimum atomic E-state index is -0.433. The van der Waals surface area contributed by atoms with E-state index in [2.05, 4.69) is 25.8 Å². The third-order valence-corrected chi connectivity index (χ3v) is 6.47. The highest BCUT2D eigenvalue weighted by Crippen LogP contribution is 2.37. The van der Waals surface area contributed by atoms with E-state index in [0.717, 1.165) is 16.8 Å². The first-order valence-corrected chi connectivity index (χ1v) is 13.0. The quantitative estimate of drug-likeness (QED) is 0.195. The van der Waals surface area contributed by atoms with Gasteiger partial charge in [-0.3, -0.25) is 10.3 Å². The number of methoxy groups -OCH3 is 2. The maximum absolute atomic E-state index is 13.0. The van der Waals surface area contributed by atoms with Gasteiger partial charge in [0.1, 0.15) is 34.6 Å². The number of pyridine rings is 1. The molecule has 2 aromatic carbocycles. The van der Waals surface area contributed by atoms with Gasteiger partial charge in [-0.2, -0.15) is 0 Å². The lowest BCUT2D eigenvalue weighted by Crippen LogP contribution is -2.20. The second-order valence-corrected chi connectivity index (χ2v) is 10.5. The number of ether oxygens (including phenoxy) is 3. The van der Waals surface area contributed by atoms with Crippen molar-refractivity contribution >= 4 is 28.4 Å². The van der Waals surface area contributed by atoms with Crippen molar-refractivity contribution in [3.63, 3.8) is 0 Å². The Labute approximate surface area is 237 Å². The number of aromatic nitrogens is 4. The summed E-state index contributed by atoms with van der Waals surface area (Å²) in [4.78, 5) is 25.4. The number of aromatic amines is 1. The number of carbonyl (C=O) groups is 1. The second kappa shape index (κ2) is 10.8. The number of hydrogen-bond donors (Lipinski definition) is 3. The fourth-order valence-corrected chi connectivity index (χ4v) is 4.37. The molecule has 0 fully saturated rings. The highest BCUT2D eigenvalue weighted by atomic mass is 16.5.